The van der Waals surface area contributed by atoms with Crippen LogP contribution in [-0.4, -0.2) is 41.4 Å². The van der Waals surface area contributed by atoms with Crippen LogP contribution in [0.25, 0.3) is 0 Å². The predicted octanol–water partition coefficient (Wildman–Crippen LogP) is -0.0982. The van der Waals surface area contributed by atoms with Crippen molar-refractivity contribution in [3.8, 4) is 0 Å². The molecule has 12 heavy (non-hydrogen) atoms. The monoisotopic (exact) mass is 169 g/mol. The van der Waals surface area contributed by atoms with Crippen molar-refractivity contribution >= 4 is 0 Å². The molecule has 0 radical (unpaired) electrons. The number of rotatable bonds is 2. The first-order chi connectivity index (χ1) is 5.95. The van der Waals surface area contributed by atoms with Crippen LogP contribution in [0.3, 0.4) is 0 Å². The van der Waals surface area contributed by atoms with Gasteiger partial charge in [-0.2, -0.15) is 0 Å². The van der Waals surface area contributed by atoms with Gasteiger partial charge in [0.1, 0.15) is 0 Å². The minimum Gasteiger partial charge on any atom is -0.427 e. The lowest BCUT2D eigenvalue weighted by atomic mass is 10.4. The Morgan fingerprint density at radius 1 is 1.42 bits per heavy atom. The van der Waals surface area contributed by atoms with Crippen LogP contribution < -0.4 is 0 Å². The smallest absolute Gasteiger partial charge is 0.230 e. The minimum absolute atomic E-state index is 0.678. The van der Waals surface area contributed by atoms with Gasteiger partial charge in [0, 0.05) is 13.1 Å². The van der Waals surface area contributed by atoms with E-state index in [0.717, 1.165) is 32.8 Å². The molecule has 1 fully saturated rings. The van der Waals surface area contributed by atoms with Gasteiger partial charge in [0.15, 0.2) is 0 Å². The Bertz CT molecular complexity index is 219. The summed E-state index contributed by atoms with van der Waals surface area (Å²) >= 11 is 0. The third kappa shape index (κ3) is 1.80. The van der Waals surface area contributed by atoms with Crippen LogP contribution in [0, 0.1) is 0 Å². The summed E-state index contributed by atoms with van der Waals surface area (Å²) in [7, 11) is 0. The summed E-state index contributed by atoms with van der Waals surface area (Å²) in [6.45, 7) is 4.23. The highest BCUT2D eigenvalue weighted by atomic mass is 16.5. The summed E-state index contributed by atoms with van der Waals surface area (Å²) in [6, 6.07) is 0. The van der Waals surface area contributed by atoms with Crippen LogP contribution in [0.4, 0.5) is 0 Å². The molecule has 0 unspecified atom stereocenters. The molecule has 1 saturated heterocycles. The first kappa shape index (κ1) is 7.70. The number of ether oxygens (including phenoxy) is 1. The lowest BCUT2D eigenvalue weighted by Crippen LogP contribution is -2.35. The van der Waals surface area contributed by atoms with Crippen molar-refractivity contribution in [1.82, 2.24) is 15.1 Å². The van der Waals surface area contributed by atoms with Crippen LogP contribution in [0.5, 0.6) is 0 Å². The summed E-state index contributed by atoms with van der Waals surface area (Å²) in [5, 5.41) is 7.42. The Balaban J connectivity index is 1.86. The number of morpholine rings is 1. The second-order valence-electron chi connectivity index (χ2n) is 2.72. The second kappa shape index (κ2) is 3.64. The van der Waals surface area contributed by atoms with Crippen LogP contribution >= 0.6 is 0 Å². The molecule has 0 N–H and O–H groups in total. The zero-order valence-electron chi connectivity index (χ0n) is 6.77. The van der Waals surface area contributed by atoms with Gasteiger partial charge < -0.3 is 9.15 Å². The van der Waals surface area contributed by atoms with E-state index in [4.69, 9.17) is 9.15 Å². The molecule has 1 aromatic rings. The summed E-state index contributed by atoms with van der Waals surface area (Å²) in [6.07, 6.45) is 1.36. The maximum Gasteiger partial charge on any atom is 0.230 e. The minimum atomic E-state index is 0.678. The van der Waals surface area contributed by atoms with Crippen molar-refractivity contribution in [2.45, 2.75) is 6.54 Å². The molecule has 2 heterocycles. The van der Waals surface area contributed by atoms with Crippen LogP contribution in [0.15, 0.2) is 10.8 Å². The fourth-order valence-corrected chi connectivity index (χ4v) is 1.22. The molecule has 5 nitrogen and oxygen atoms in total. The van der Waals surface area contributed by atoms with Gasteiger partial charge in [0.25, 0.3) is 0 Å². The van der Waals surface area contributed by atoms with Crippen molar-refractivity contribution in [2.75, 3.05) is 26.3 Å². The van der Waals surface area contributed by atoms with Crippen molar-refractivity contribution < 1.29 is 9.15 Å². The van der Waals surface area contributed by atoms with Gasteiger partial charge in [0.2, 0.25) is 12.3 Å². The molecular formula is C7H11N3O2. The molecule has 0 aromatic carbocycles. The molecule has 0 bridgehead atoms. The fraction of sp³-hybridized carbons (Fsp3) is 0.714. The normalized spacial score (nSPS) is 19.7. The molecule has 66 valence electrons. The Hall–Kier alpha value is -0.940. The summed E-state index contributed by atoms with van der Waals surface area (Å²) < 4.78 is 10.2. The molecule has 1 aliphatic rings. The van der Waals surface area contributed by atoms with Gasteiger partial charge in [-0.3, -0.25) is 4.90 Å². The fourth-order valence-electron chi connectivity index (χ4n) is 1.22. The van der Waals surface area contributed by atoms with Crippen LogP contribution in [-0.2, 0) is 11.3 Å². The third-order valence-corrected chi connectivity index (χ3v) is 1.87. The molecule has 0 spiro atoms. The Morgan fingerprint density at radius 3 is 2.92 bits per heavy atom. The average Bonchev–Trinajstić information content (AvgIpc) is 2.59. The van der Waals surface area contributed by atoms with Gasteiger partial charge in [0.05, 0.1) is 19.8 Å². The lowest BCUT2D eigenvalue weighted by Gasteiger charge is -2.24. The van der Waals surface area contributed by atoms with Crippen molar-refractivity contribution in [3.05, 3.63) is 12.3 Å². The van der Waals surface area contributed by atoms with Crippen molar-refractivity contribution in [1.29, 1.82) is 0 Å². The number of hydrogen-bond donors (Lipinski definition) is 0. The summed E-state index contributed by atoms with van der Waals surface area (Å²) in [5.41, 5.74) is 0. The van der Waals surface area contributed by atoms with E-state index in [9.17, 15) is 0 Å². The molecule has 1 aromatic heterocycles. The van der Waals surface area contributed by atoms with Crippen LogP contribution in [0.2, 0.25) is 0 Å². The average molecular weight is 169 g/mol. The molecule has 1 aliphatic heterocycles. The maximum absolute atomic E-state index is 5.21. The van der Waals surface area contributed by atoms with Crippen molar-refractivity contribution in [3.63, 3.8) is 0 Å². The lowest BCUT2D eigenvalue weighted by molar-refractivity contribution is 0.0305. The van der Waals surface area contributed by atoms with E-state index < -0.39 is 0 Å². The maximum atomic E-state index is 5.21. The number of aromatic nitrogens is 2. The van der Waals surface area contributed by atoms with Crippen molar-refractivity contribution in [2.24, 2.45) is 0 Å². The van der Waals surface area contributed by atoms with Gasteiger partial charge in [-0.15, -0.1) is 10.2 Å². The third-order valence-electron chi connectivity index (χ3n) is 1.87. The molecule has 0 atom stereocenters. The Kier molecular flexibility index (Phi) is 2.33. The molecule has 5 heteroatoms. The highest BCUT2D eigenvalue weighted by Gasteiger charge is 2.12. The SMILES string of the molecule is c1nnc(CN2CCOCC2)o1. The first-order valence-corrected chi connectivity index (χ1v) is 4.00. The van der Waals surface area contributed by atoms with Gasteiger partial charge in [-0.1, -0.05) is 0 Å². The van der Waals surface area contributed by atoms with Gasteiger partial charge in [-0.05, 0) is 0 Å². The van der Waals surface area contributed by atoms with E-state index in [0.29, 0.717) is 5.89 Å². The van der Waals surface area contributed by atoms with Crippen LogP contribution in [0.1, 0.15) is 5.89 Å². The molecule has 2 rings (SSSR count). The summed E-state index contributed by atoms with van der Waals surface area (Å²) in [5.74, 6) is 0.678. The van der Waals surface area contributed by atoms with Gasteiger partial charge in [-0.25, -0.2) is 0 Å². The predicted molar refractivity (Wildman–Crippen MR) is 40.4 cm³/mol. The topological polar surface area (TPSA) is 51.4 Å². The molecule has 0 saturated carbocycles. The van der Waals surface area contributed by atoms with E-state index in [1.165, 1.54) is 6.39 Å². The zero-order valence-corrected chi connectivity index (χ0v) is 6.77. The Morgan fingerprint density at radius 2 is 2.25 bits per heavy atom. The highest BCUT2D eigenvalue weighted by molar-refractivity contribution is 4.74. The molecule has 0 aliphatic carbocycles. The quantitative estimate of drug-likeness (QED) is 0.619. The number of hydrogen-bond acceptors (Lipinski definition) is 5. The molecular weight excluding hydrogens is 158 g/mol. The largest absolute Gasteiger partial charge is 0.427 e. The highest BCUT2D eigenvalue weighted by Crippen LogP contribution is 2.02. The standard InChI is InChI=1S/C7H11N3O2/c1-3-11-4-2-10(1)5-7-9-8-6-12-7/h6H,1-5H2. The van der Waals surface area contributed by atoms with E-state index >= 15 is 0 Å². The second-order valence-corrected chi connectivity index (χ2v) is 2.72. The first-order valence-electron chi connectivity index (χ1n) is 4.00. The van der Waals surface area contributed by atoms with E-state index in [2.05, 4.69) is 15.1 Å². The zero-order chi connectivity index (χ0) is 8.23. The summed E-state index contributed by atoms with van der Waals surface area (Å²) in [4.78, 5) is 2.23. The Labute approximate surface area is 70.3 Å². The van der Waals surface area contributed by atoms with Gasteiger partial charge >= 0.3 is 0 Å². The number of nitrogens with zero attached hydrogens (tertiary/aromatic N) is 3. The molecule has 0 amide bonds. The van der Waals surface area contributed by atoms with E-state index in [1.807, 2.05) is 0 Å². The van der Waals surface area contributed by atoms with E-state index in [1.54, 1.807) is 0 Å². The van der Waals surface area contributed by atoms with E-state index in [-0.39, 0.29) is 0 Å².